The molecule has 0 bridgehead atoms. The van der Waals surface area contributed by atoms with Crippen molar-refractivity contribution in [2.45, 2.75) is 18.9 Å². The Labute approximate surface area is 94.2 Å². The minimum atomic E-state index is -0.175. The van der Waals surface area contributed by atoms with E-state index in [4.69, 9.17) is 4.74 Å². The van der Waals surface area contributed by atoms with E-state index in [9.17, 15) is 9.90 Å². The van der Waals surface area contributed by atoms with Crippen LogP contribution in [0.3, 0.4) is 0 Å². The largest absolute Gasteiger partial charge is 0.508 e. The van der Waals surface area contributed by atoms with Crippen molar-refractivity contribution in [3.05, 3.63) is 29.8 Å². The highest BCUT2D eigenvalue weighted by molar-refractivity contribution is 5.94. The zero-order valence-corrected chi connectivity index (χ0v) is 8.98. The Morgan fingerprint density at radius 3 is 3.12 bits per heavy atom. The van der Waals surface area contributed by atoms with Gasteiger partial charge in [-0.25, -0.2) is 0 Å². The molecule has 0 radical (unpaired) electrons. The number of benzene rings is 1. The number of phenols is 1. The van der Waals surface area contributed by atoms with Gasteiger partial charge in [-0.05, 0) is 31.0 Å². The second-order valence-electron chi connectivity index (χ2n) is 3.90. The van der Waals surface area contributed by atoms with E-state index in [2.05, 4.69) is 5.32 Å². The Morgan fingerprint density at radius 2 is 2.44 bits per heavy atom. The fourth-order valence-corrected chi connectivity index (χ4v) is 1.76. The van der Waals surface area contributed by atoms with Crippen LogP contribution in [0.15, 0.2) is 24.3 Å². The third-order valence-electron chi connectivity index (χ3n) is 2.62. The number of carbonyl (C=O) groups is 1. The SMILES string of the molecule is O=C(NCC1CCCO1)c1cccc(O)c1. The van der Waals surface area contributed by atoms with Crippen LogP contribution in [0, 0.1) is 0 Å². The van der Waals surface area contributed by atoms with Gasteiger partial charge < -0.3 is 15.2 Å². The van der Waals surface area contributed by atoms with Gasteiger partial charge in [-0.1, -0.05) is 6.07 Å². The number of carbonyl (C=O) groups excluding carboxylic acids is 1. The molecule has 16 heavy (non-hydrogen) atoms. The molecular weight excluding hydrogens is 206 g/mol. The summed E-state index contributed by atoms with van der Waals surface area (Å²) in [7, 11) is 0. The van der Waals surface area contributed by atoms with Gasteiger partial charge in [-0.3, -0.25) is 4.79 Å². The highest BCUT2D eigenvalue weighted by Gasteiger charge is 2.16. The van der Waals surface area contributed by atoms with E-state index in [1.165, 1.54) is 12.1 Å². The normalized spacial score (nSPS) is 19.6. The lowest BCUT2D eigenvalue weighted by Crippen LogP contribution is -2.31. The Balaban J connectivity index is 1.87. The summed E-state index contributed by atoms with van der Waals surface area (Å²) in [5.41, 5.74) is 0.470. The molecule has 86 valence electrons. The first-order valence-corrected chi connectivity index (χ1v) is 5.44. The molecule has 2 rings (SSSR count). The monoisotopic (exact) mass is 221 g/mol. The molecule has 0 aromatic heterocycles. The first-order valence-electron chi connectivity index (χ1n) is 5.44. The molecule has 1 heterocycles. The molecule has 1 atom stereocenters. The predicted octanol–water partition coefficient (Wildman–Crippen LogP) is 1.30. The highest BCUT2D eigenvalue weighted by atomic mass is 16.5. The van der Waals surface area contributed by atoms with Crippen LogP contribution in [0.1, 0.15) is 23.2 Å². The van der Waals surface area contributed by atoms with Crippen LogP contribution in [0.4, 0.5) is 0 Å². The van der Waals surface area contributed by atoms with Gasteiger partial charge in [0, 0.05) is 18.7 Å². The van der Waals surface area contributed by atoms with Crippen LogP contribution in [-0.4, -0.2) is 30.3 Å². The van der Waals surface area contributed by atoms with Crippen molar-refractivity contribution in [2.24, 2.45) is 0 Å². The molecular formula is C12H15NO3. The van der Waals surface area contributed by atoms with E-state index in [0.717, 1.165) is 19.4 Å². The molecule has 1 amide bonds. The third kappa shape index (κ3) is 2.73. The maximum Gasteiger partial charge on any atom is 0.251 e. The van der Waals surface area contributed by atoms with Crippen molar-refractivity contribution >= 4 is 5.91 Å². The molecule has 1 unspecified atom stereocenters. The molecule has 1 aromatic rings. The van der Waals surface area contributed by atoms with Crippen LogP contribution in [0.25, 0.3) is 0 Å². The summed E-state index contributed by atoms with van der Waals surface area (Å²) in [5.74, 6) is -0.0730. The van der Waals surface area contributed by atoms with E-state index in [1.807, 2.05) is 0 Å². The lowest BCUT2D eigenvalue weighted by molar-refractivity contribution is 0.0857. The number of rotatable bonds is 3. The van der Waals surface area contributed by atoms with Crippen LogP contribution < -0.4 is 5.32 Å². The Bertz CT molecular complexity index is 372. The van der Waals surface area contributed by atoms with E-state index in [0.29, 0.717) is 12.1 Å². The first-order chi connectivity index (χ1) is 7.75. The number of phenolic OH excluding ortho intramolecular Hbond substituents is 1. The number of aromatic hydroxyl groups is 1. The zero-order chi connectivity index (χ0) is 11.4. The van der Waals surface area contributed by atoms with E-state index < -0.39 is 0 Å². The van der Waals surface area contributed by atoms with Crippen molar-refractivity contribution in [3.8, 4) is 5.75 Å². The average Bonchev–Trinajstić information content (AvgIpc) is 2.78. The third-order valence-corrected chi connectivity index (χ3v) is 2.62. The van der Waals surface area contributed by atoms with E-state index in [1.54, 1.807) is 12.1 Å². The predicted molar refractivity (Wildman–Crippen MR) is 59.4 cm³/mol. The number of hydrogen-bond acceptors (Lipinski definition) is 3. The summed E-state index contributed by atoms with van der Waals surface area (Å²) < 4.78 is 5.40. The van der Waals surface area contributed by atoms with Crippen LogP contribution >= 0.6 is 0 Å². The molecule has 2 N–H and O–H groups in total. The molecule has 0 saturated carbocycles. The molecule has 1 saturated heterocycles. The Hall–Kier alpha value is -1.55. The number of amides is 1. The van der Waals surface area contributed by atoms with Gasteiger partial charge in [0.2, 0.25) is 0 Å². The smallest absolute Gasteiger partial charge is 0.251 e. The van der Waals surface area contributed by atoms with Crippen LogP contribution in [-0.2, 0) is 4.74 Å². The van der Waals surface area contributed by atoms with Crippen molar-refractivity contribution in [1.82, 2.24) is 5.32 Å². The van der Waals surface area contributed by atoms with Crippen LogP contribution in [0.2, 0.25) is 0 Å². The van der Waals surface area contributed by atoms with Gasteiger partial charge >= 0.3 is 0 Å². The van der Waals surface area contributed by atoms with Gasteiger partial charge in [-0.15, -0.1) is 0 Å². The van der Waals surface area contributed by atoms with Gasteiger partial charge in [0.25, 0.3) is 5.91 Å². The van der Waals surface area contributed by atoms with Gasteiger partial charge in [0.15, 0.2) is 0 Å². The fourth-order valence-electron chi connectivity index (χ4n) is 1.76. The maximum atomic E-state index is 11.7. The van der Waals surface area contributed by atoms with Crippen molar-refractivity contribution in [3.63, 3.8) is 0 Å². The van der Waals surface area contributed by atoms with Gasteiger partial charge in [0.1, 0.15) is 5.75 Å². The summed E-state index contributed by atoms with van der Waals surface area (Å²) in [5, 5.41) is 12.0. The lowest BCUT2D eigenvalue weighted by Gasteiger charge is -2.10. The molecule has 0 spiro atoms. The van der Waals surface area contributed by atoms with Crippen molar-refractivity contribution in [1.29, 1.82) is 0 Å². The quantitative estimate of drug-likeness (QED) is 0.808. The number of nitrogens with one attached hydrogen (secondary N) is 1. The summed E-state index contributed by atoms with van der Waals surface area (Å²) in [6.07, 6.45) is 2.20. The van der Waals surface area contributed by atoms with Crippen molar-refractivity contribution < 1.29 is 14.6 Å². The summed E-state index contributed by atoms with van der Waals surface area (Å²) in [4.78, 5) is 11.7. The summed E-state index contributed by atoms with van der Waals surface area (Å²) in [6.45, 7) is 1.32. The average molecular weight is 221 g/mol. The van der Waals surface area contributed by atoms with Crippen LogP contribution in [0.5, 0.6) is 5.75 Å². The molecule has 1 fully saturated rings. The summed E-state index contributed by atoms with van der Waals surface area (Å²) in [6, 6.07) is 6.31. The highest BCUT2D eigenvalue weighted by Crippen LogP contribution is 2.12. The summed E-state index contributed by atoms with van der Waals surface area (Å²) >= 11 is 0. The maximum absolute atomic E-state index is 11.7. The standard InChI is InChI=1S/C12H15NO3/c14-10-4-1-3-9(7-10)12(15)13-8-11-5-2-6-16-11/h1,3-4,7,11,14H,2,5-6,8H2,(H,13,15). The lowest BCUT2D eigenvalue weighted by atomic mass is 10.2. The zero-order valence-electron chi connectivity index (χ0n) is 8.98. The minimum absolute atomic E-state index is 0.102. The number of hydrogen-bond donors (Lipinski definition) is 2. The van der Waals surface area contributed by atoms with Gasteiger partial charge in [-0.2, -0.15) is 0 Å². The molecule has 4 heteroatoms. The molecule has 4 nitrogen and oxygen atoms in total. The van der Waals surface area contributed by atoms with Crippen molar-refractivity contribution in [2.75, 3.05) is 13.2 Å². The second kappa shape index (κ2) is 4.99. The number of ether oxygens (including phenoxy) is 1. The van der Waals surface area contributed by atoms with Gasteiger partial charge in [0.05, 0.1) is 6.10 Å². The topological polar surface area (TPSA) is 58.6 Å². The molecule has 0 aliphatic carbocycles. The Morgan fingerprint density at radius 1 is 1.56 bits per heavy atom. The fraction of sp³-hybridized carbons (Fsp3) is 0.417. The van der Waals surface area contributed by atoms with E-state index >= 15 is 0 Å². The molecule has 1 aliphatic heterocycles. The second-order valence-corrected chi connectivity index (χ2v) is 3.90. The minimum Gasteiger partial charge on any atom is -0.508 e. The van der Waals surface area contributed by atoms with E-state index in [-0.39, 0.29) is 17.8 Å². The molecule has 1 aliphatic rings. The molecule has 1 aromatic carbocycles. The Kier molecular flexibility index (Phi) is 3.41. The first kappa shape index (κ1) is 11.0.